The molecule has 0 bridgehead atoms. The average molecular weight is 399 g/mol. The quantitative estimate of drug-likeness (QED) is 0.656. The molecule has 0 radical (unpaired) electrons. The van der Waals surface area contributed by atoms with Gasteiger partial charge in [-0.05, 0) is 39.8 Å². The molecule has 30 heavy (non-hydrogen) atoms. The number of carboxylic acids is 1. The molecule has 0 spiro atoms. The van der Waals surface area contributed by atoms with Crippen LogP contribution in [0.4, 0.5) is 0 Å². The van der Waals surface area contributed by atoms with Crippen LogP contribution in [0.3, 0.4) is 0 Å². The Kier molecular flexibility index (Phi) is 4.22. The third kappa shape index (κ3) is 2.59. The zero-order chi connectivity index (χ0) is 20.9. The molecule has 0 heterocycles. The molecule has 0 fully saturated rings. The molecule has 3 aromatic carbocycles. The van der Waals surface area contributed by atoms with E-state index in [1.54, 1.807) is 12.1 Å². The second-order valence-electron chi connectivity index (χ2n) is 7.95. The van der Waals surface area contributed by atoms with E-state index in [4.69, 9.17) is 10.5 Å². The Balaban J connectivity index is 1.42. The summed E-state index contributed by atoms with van der Waals surface area (Å²) in [7, 11) is 0. The van der Waals surface area contributed by atoms with Crippen LogP contribution in [-0.4, -0.2) is 23.7 Å². The Morgan fingerprint density at radius 3 is 2.13 bits per heavy atom. The first-order chi connectivity index (χ1) is 14.5. The lowest BCUT2D eigenvalue weighted by atomic mass is 9.84. The van der Waals surface area contributed by atoms with Gasteiger partial charge in [0, 0.05) is 5.92 Å². The highest BCUT2D eigenvalue weighted by atomic mass is 16.5. The first kappa shape index (κ1) is 18.6. The predicted octanol–water partition coefficient (Wildman–Crippen LogP) is 3.45. The monoisotopic (exact) mass is 399 g/mol. The molecular formula is C25H21NO4. The summed E-state index contributed by atoms with van der Waals surface area (Å²) in [6.07, 6.45) is 0.260. The van der Waals surface area contributed by atoms with Crippen LogP contribution in [0.25, 0.3) is 11.1 Å². The number of nitrogens with two attached hydrogens (primary N) is 1. The number of aliphatic carboxylic acids is 1. The lowest BCUT2D eigenvalue weighted by Gasteiger charge is -2.27. The summed E-state index contributed by atoms with van der Waals surface area (Å²) in [5.41, 5.74) is 10.3. The number of carboxylic acid groups (broad SMARTS) is 1. The van der Waals surface area contributed by atoms with Crippen molar-refractivity contribution < 1.29 is 19.4 Å². The minimum Gasteiger partial charge on any atom is -0.480 e. The molecule has 0 saturated heterocycles. The predicted molar refractivity (Wildman–Crippen MR) is 112 cm³/mol. The fourth-order valence-electron chi connectivity index (χ4n) is 4.91. The van der Waals surface area contributed by atoms with Gasteiger partial charge in [-0.25, -0.2) is 4.79 Å². The SMILES string of the molecule is NC1(C(=O)O)c2ccccc2CC1C(=O)OCC1c2ccccc2-c2ccccc21. The van der Waals surface area contributed by atoms with E-state index in [1.807, 2.05) is 48.5 Å². The molecule has 150 valence electrons. The normalized spacial score (nSPS) is 21.6. The second kappa shape index (κ2) is 6.82. The van der Waals surface area contributed by atoms with Gasteiger partial charge in [0.15, 0.2) is 5.54 Å². The topological polar surface area (TPSA) is 89.6 Å². The highest BCUT2D eigenvalue weighted by Gasteiger charge is 2.54. The molecule has 0 aliphatic heterocycles. The van der Waals surface area contributed by atoms with Crippen LogP contribution in [-0.2, 0) is 26.3 Å². The van der Waals surface area contributed by atoms with Crippen LogP contribution in [0.15, 0.2) is 72.8 Å². The van der Waals surface area contributed by atoms with Gasteiger partial charge in [0.25, 0.3) is 0 Å². The molecule has 2 atom stereocenters. The van der Waals surface area contributed by atoms with Gasteiger partial charge in [0.05, 0.1) is 5.92 Å². The Morgan fingerprint density at radius 2 is 1.50 bits per heavy atom. The lowest BCUT2D eigenvalue weighted by molar-refractivity contribution is -0.159. The number of benzene rings is 3. The van der Waals surface area contributed by atoms with Gasteiger partial charge < -0.3 is 15.6 Å². The standard InChI is InChI=1S/C25H21NO4/c26-25(24(28)29)21-12-6-1-7-15(21)13-22(25)23(27)30-14-20-18-10-4-2-8-16(18)17-9-3-5-11-19(17)20/h1-12,20,22H,13-14,26H2,(H,28,29). The van der Waals surface area contributed by atoms with Crippen molar-refractivity contribution in [2.24, 2.45) is 11.7 Å². The average Bonchev–Trinajstić information content (AvgIpc) is 3.26. The highest BCUT2D eigenvalue weighted by Crippen LogP contribution is 2.45. The summed E-state index contributed by atoms with van der Waals surface area (Å²) in [4.78, 5) is 25.1. The minimum atomic E-state index is -1.78. The van der Waals surface area contributed by atoms with Crippen molar-refractivity contribution in [3.8, 4) is 11.1 Å². The van der Waals surface area contributed by atoms with E-state index in [0.717, 1.165) is 27.8 Å². The number of rotatable bonds is 4. The highest BCUT2D eigenvalue weighted by molar-refractivity contribution is 5.91. The Labute approximate surface area is 174 Å². The van der Waals surface area contributed by atoms with Gasteiger partial charge in [0.1, 0.15) is 6.61 Å². The van der Waals surface area contributed by atoms with Gasteiger partial charge >= 0.3 is 11.9 Å². The maximum atomic E-state index is 13.0. The number of hydrogen-bond donors (Lipinski definition) is 2. The Morgan fingerprint density at radius 1 is 0.933 bits per heavy atom. The molecule has 2 aliphatic rings. The number of fused-ring (bicyclic) bond motifs is 4. The molecule has 0 amide bonds. The molecule has 5 heteroatoms. The van der Waals surface area contributed by atoms with Crippen molar-refractivity contribution in [2.45, 2.75) is 17.9 Å². The number of esters is 1. The summed E-state index contributed by atoms with van der Waals surface area (Å²) in [5.74, 6) is -2.83. The third-order valence-corrected chi connectivity index (χ3v) is 6.43. The first-order valence-corrected chi connectivity index (χ1v) is 9.97. The van der Waals surface area contributed by atoms with Crippen molar-refractivity contribution in [1.82, 2.24) is 0 Å². The Hall–Kier alpha value is -3.44. The number of ether oxygens (including phenoxy) is 1. The van der Waals surface area contributed by atoms with Gasteiger partial charge in [-0.1, -0.05) is 72.8 Å². The van der Waals surface area contributed by atoms with Crippen molar-refractivity contribution in [1.29, 1.82) is 0 Å². The van der Waals surface area contributed by atoms with E-state index in [2.05, 4.69) is 12.1 Å². The van der Waals surface area contributed by atoms with Gasteiger partial charge in [-0.2, -0.15) is 0 Å². The molecule has 5 rings (SSSR count). The van der Waals surface area contributed by atoms with Crippen LogP contribution < -0.4 is 5.73 Å². The van der Waals surface area contributed by atoms with Crippen LogP contribution in [0.1, 0.15) is 28.2 Å². The molecule has 2 aliphatic carbocycles. The number of hydrogen-bond acceptors (Lipinski definition) is 4. The van der Waals surface area contributed by atoms with E-state index in [9.17, 15) is 14.7 Å². The van der Waals surface area contributed by atoms with E-state index in [-0.39, 0.29) is 18.9 Å². The molecule has 3 N–H and O–H groups in total. The zero-order valence-electron chi connectivity index (χ0n) is 16.2. The third-order valence-electron chi connectivity index (χ3n) is 6.43. The first-order valence-electron chi connectivity index (χ1n) is 9.97. The van der Waals surface area contributed by atoms with Crippen LogP contribution in [0, 0.1) is 5.92 Å². The molecule has 2 unspecified atom stereocenters. The number of carbonyl (C=O) groups excluding carboxylic acids is 1. The summed E-state index contributed by atoms with van der Waals surface area (Å²) in [6, 6.07) is 23.2. The van der Waals surface area contributed by atoms with E-state index >= 15 is 0 Å². The van der Waals surface area contributed by atoms with Crippen molar-refractivity contribution >= 4 is 11.9 Å². The van der Waals surface area contributed by atoms with Crippen LogP contribution in [0.2, 0.25) is 0 Å². The van der Waals surface area contributed by atoms with Gasteiger partial charge in [-0.15, -0.1) is 0 Å². The van der Waals surface area contributed by atoms with E-state index in [1.165, 1.54) is 0 Å². The summed E-state index contributed by atoms with van der Waals surface area (Å²) in [5, 5.41) is 9.85. The lowest BCUT2D eigenvalue weighted by Crippen LogP contribution is -2.52. The fraction of sp³-hybridized carbons (Fsp3) is 0.200. The van der Waals surface area contributed by atoms with Crippen LogP contribution in [0.5, 0.6) is 0 Å². The molecule has 0 saturated carbocycles. The van der Waals surface area contributed by atoms with Crippen molar-refractivity contribution in [3.05, 3.63) is 95.1 Å². The summed E-state index contributed by atoms with van der Waals surface area (Å²) in [6.45, 7) is 0.148. The second-order valence-corrected chi connectivity index (χ2v) is 7.95. The van der Waals surface area contributed by atoms with Crippen LogP contribution >= 0.6 is 0 Å². The van der Waals surface area contributed by atoms with Crippen molar-refractivity contribution in [3.63, 3.8) is 0 Å². The molecule has 5 nitrogen and oxygen atoms in total. The molecular weight excluding hydrogens is 378 g/mol. The fourth-order valence-corrected chi connectivity index (χ4v) is 4.91. The van der Waals surface area contributed by atoms with Crippen molar-refractivity contribution in [2.75, 3.05) is 6.61 Å². The van der Waals surface area contributed by atoms with Gasteiger partial charge in [0.2, 0.25) is 0 Å². The zero-order valence-corrected chi connectivity index (χ0v) is 16.2. The number of carbonyl (C=O) groups is 2. The van der Waals surface area contributed by atoms with Gasteiger partial charge in [-0.3, -0.25) is 4.79 Å². The van der Waals surface area contributed by atoms with E-state index < -0.39 is 23.4 Å². The smallest absolute Gasteiger partial charge is 0.329 e. The molecule has 0 aromatic heterocycles. The largest absolute Gasteiger partial charge is 0.480 e. The van der Waals surface area contributed by atoms with E-state index in [0.29, 0.717) is 5.56 Å². The maximum absolute atomic E-state index is 13.0. The summed E-state index contributed by atoms with van der Waals surface area (Å²) >= 11 is 0. The molecule has 3 aromatic rings. The maximum Gasteiger partial charge on any atom is 0.329 e. The summed E-state index contributed by atoms with van der Waals surface area (Å²) < 4.78 is 5.72. The minimum absolute atomic E-state index is 0.0814. The Bertz CT molecular complexity index is 1130.